The molecule has 3 rings (SSSR count). The molecule has 2 aliphatic rings. The summed E-state index contributed by atoms with van der Waals surface area (Å²) in [5, 5.41) is 0. The Bertz CT molecular complexity index is 497. The number of rotatable bonds is 4. The number of nitrogens with two attached hydrogens (primary N) is 1. The molecule has 102 valence electrons. The highest BCUT2D eigenvalue weighted by molar-refractivity contribution is 5.84. The second-order valence-corrected chi connectivity index (χ2v) is 5.65. The third-order valence-electron chi connectivity index (χ3n) is 4.67. The molecule has 0 spiro atoms. The zero-order valence-corrected chi connectivity index (χ0v) is 11.3. The van der Waals surface area contributed by atoms with Crippen molar-refractivity contribution in [3.05, 3.63) is 24.3 Å². The van der Waals surface area contributed by atoms with Crippen molar-refractivity contribution in [1.29, 1.82) is 0 Å². The van der Waals surface area contributed by atoms with Gasteiger partial charge in [0.05, 0.1) is 12.5 Å². The third-order valence-corrected chi connectivity index (χ3v) is 4.67. The fraction of sp³-hybridized carbons (Fsp3) is 0.533. The fourth-order valence-electron chi connectivity index (χ4n) is 3.24. The van der Waals surface area contributed by atoms with Crippen LogP contribution in [0.15, 0.2) is 24.3 Å². The standard InChI is InChI=1S/C15H20N2O2/c1-19-13-4-2-3-12(9-13)17-8-5-11(10-17)15(6-7-15)14(16)18/h2-4,9,11H,5-8,10H2,1H3,(H2,16,18). The lowest BCUT2D eigenvalue weighted by Crippen LogP contribution is -2.33. The molecule has 1 saturated carbocycles. The van der Waals surface area contributed by atoms with Gasteiger partial charge in [-0.1, -0.05) is 6.07 Å². The molecule has 1 heterocycles. The van der Waals surface area contributed by atoms with Crippen molar-refractivity contribution in [3.8, 4) is 5.75 Å². The van der Waals surface area contributed by atoms with E-state index in [4.69, 9.17) is 10.5 Å². The molecule has 2 fully saturated rings. The molecule has 1 aliphatic heterocycles. The average Bonchev–Trinajstić information content (AvgIpc) is 3.10. The monoisotopic (exact) mass is 260 g/mol. The van der Waals surface area contributed by atoms with Crippen molar-refractivity contribution in [2.75, 3.05) is 25.1 Å². The normalized spacial score (nSPS) is 24.3. The van der Waals surface area contributed by atoms with Crippen LogP contribution in [-0.4, -0.2) is 26.1 Å². The van der Waals surface area contributed by atoms with Gasteiger partial charge in [-0.15, -0.1) is 0 Å². The molecule has 1 amide bonds. The van der Waals surface area contributed by atoms with Crippen molar-refractivity contribution in [2.24, 2.45) is 17.1 Å². The number of methoxy groups -OCH3 is 1. The Morgan fingerprint density at radius 2 is 2.26 bits per heavy atom. The Hall–Kier alpha value is -1.71. The number of ether oxygens (including phenoxy) is 1. The summed E-state index contributed by atoms with van der Waals surface area (Å²) in [5.41, 5.74) is 6.53. The van der Waals surface area contributed by atoms with Crippen LogP contribution in [0.1, 0.15) is 19.3 Å². The summed E-state index contributed by atoms with van der Waals surface area (Å²) in [4.78, 5) is 13.9. The average molecular weight is 260 g/mol. The molecule has 1 aliphatic carbocycles. The Kier molecular flexibility index (Phi) is 2.88. The summed E-state index contributed by atoms with van der Waals surface area (Å²) in [7, 11) is 1.68. The summed E-state index contributed by atoms with van der Waals surface area (Å²) in [5.74, 6) is 1.18. The number of carbonyl (C=O) groups excluding carboxylic acids is 1. The highest BCUT2D eigenvalue weighted by Crippen LogP contribution is 2.54. The Morgan fingerprint density at radius 3 is 2.89 bits per heavy atom. The van der Waals surface area contributed by atoms with E-state index in [0.717, 1.165) is 38.1 Å². The van der Waals surface area contributed by atoms with Gasteiger partial charge in [-0.05, 0) is 37.3 Å². The first-order valence-corrected chi connectivity index (χ1v) is 6.84. The van der Waals surface area contributed by atoms with Crippen LogP contribution >= 0.6 is 0 Å². The first kappa shape index (κ1) is 12.3. The van der Waals surface area contributed by atoms with E-state index in [9.17, 15) is 4.79 Å². The molecule has 0 radical (unpaired) electrons. The van der Waals surface area contributed by atoms with Gasteiger partial charge in [0.2, 0.25) is 5.91 Å². The number of anilines is 1. The molecular formula is C15H20N2O2. The highest BCUT2D eigenvalue weighted by atomic mass is 16.5. The number of primary amides is 1. The van der Waals surface area contributed by atoms with Crippen LogP contribution in [0.5, 0.6) is 5.75 Å². The number of carbonyl (C=O) groups is 1. The topological polar surface area (TPSA) is 55.6 Å². The molecule has 1 atom stereocenters. The largest absolute Gasteiger partial charge is 0.497 e. The van der Waals surface area contributed by atoms with Crippen molar-refractivity contribution in [1.82, 2.24) is 0 Å². The predicted molar refractivity (Wildman–Crippen MR) is 74.2 cm³/mol. The van der Waals surface area contributed by atoms with Crippen LogP contribution in [0.25, 0.3) is 0 Å². The molecule has 1 saturated heterocycles. The molecule has 1 aromatic carbocycles. The maximum absolute atomic E-state index is 11.6. The van der Waals surface area contributed by atoms with Crippen molar-refractivity contribution in [2.45, 2.75) is 19.3 Å². The maximum Gasteiger partial charge on any atom is 0.223 e. The Labute approximate surface area is 113 Å². The minimum absolute atomic E-state index is 0.106. The van der Waals surface area contributed by atoms with Gasteiger partial charge in [0.1, 0.15) is 5.75 Å². The number of hydrogen-bond donors (Lipinski definition) is 1. The van der Waals surface area contributed by atoms with E-state index in [-0.39, 0.29) is 11.3 Å². The summed E-state index contributed by atoms with van der Waals surface area (Å²) in [6, 6.07) is 8.09. The van der Waals surface area contributed by atoms with Gasteiger partial charge < -0.3 is 15.4 Å². The van der Waals surface area contributed by atoms with Gasteiger partial charge in [-0.25, -0.2) is 0 Å². The lowest BCUT2D eigenvalue weighted by molar-refractivity contribution is -0.124. The SMILES string of the molecule is COc1cccc(N2CCC(C3(C(N)=O)CC3)C2)c1. The quantitative estimate of drug-likeness (QED) is 0.898. The molecular weight excluding hydrogens is 240 g/mol. The van der Waals surface area contributed by atoms with Crippen molar-refractivity contribution >= 4 is 11.6 Å². The van der Waals surface area contributed by atoms with Crippen LogP contribution < -0.4 is 15.4 Å². The maximum atomic E-state index is 11.6. The van der Waals surface area contributed by atoms with E-state index in [1.807, 2.05) is 18.2 Å². The van der Waals surface area contributed by atoms with Crippen molar-refractivity contribution in [3.63, 3.8) is 0 Å². The molecule has 1 aromatic rings. The first-order valence-electron chi connectivity index (χ1n) is 6.84. The summed E-state index contributed by atoms with van der Waals surface area (Å²) in [6.07, 6.45) is 3.00. The molecule has 4 nitrogen and oxygen atoms in total. The molecule has 4 heteroatoms. The molecule has 2 N–H and O–H groups in total. The van der Waals surface area contributed by atoms with E-state index in [1.165, 1.54) is 5.69 Å². The number of hydrogen-bond acceptors (Lipinski definition) is 3. The number of benzene rings is 1. The molecule has 0 bridgehead atoms. The van der Waals surface area contributed by atoms with Crippen LogP contribution in [-0.2, 0) is 4.79 Å². The Morgan fingerprint density at radius 1 is 1.47 bits per heavy atom. The van der Waals surface area contributed by atoms with Gasteiger partial charge in [-0.2, -0.15) is 0 Å². The minimum atomic E-state index is -0.201. The summed E-state index contributed by atoms with van der Waals surface area (Å²) >= 11 is 0. The second kappa shape index (κ2) is 4.44. The fourth-order valence-corrected chi connectivity index (χ4v) is 3.24. The van der Waals surface area contributed by atoms with E-state index in [0.29, 0.717) is 5.92 Å². The van der Waals surface area contributed by atoms with E-state index in [1.54, 1.807) is 7.11 Å². The lowest BCUT2D eigenvalue weighted by Gasteiger charge is -2.22. The van der Waals surface area contributed by atoms with Crippen LogP contribution in [0, 0.1) is 11.3 Å². The number of amides is 1. The van der Waals surface area contributed by atoms with Gasteiger partial charge in [0, 0.05) is 24.8 Å². The molecule has 0 aromatic heterocycles. The predicted octanol–water partition coefficient (Wildman–Crippen LogP) is 1.79. The van der Waals surface area contributed by atoms with E-state index < -0.39 is 0 Å². The first-order chi connectivity index (χ1) is 9.15. The highest BCUT2D eigenvalue weighted by Gasteiger charge is 2.55. The number of nitrogens with zero attached hydrogens (tertiary/aromatic N) is 1. The van der Waals surface area contributed by atoms with Gasteiger partial charge in [0.25, 0.3) is 0 Å². The van der Waals surface area contributed by atoms with E-state index in [2.05, 4.69) is 11.0 Å². The van der Waals surface area contributed by atoms with Gasteiger partial charge >= 0.3 is 0 Å². The van der Waals surface area contributed by atoms with Gasteiger partial charge in [-0.3, -0.25) is 4.79 Å². The molecule has 1 unspecified atom stereocenters. The summed E-state index contributed by atoms with van der Waals surface area (Å²) in [6.45, 7) is 1.92. The second-order valence-electron chi connectivity index (χ2n) is 5.65. The van der Waals surface area contributed by atoms with E-state index >= 15 is 0 Å². The van der Waals surface area contributed by atoms with Crippen LogP contribution in [0.4, 0.5) is 5.69 Å². The zero-order valence-electron chi connectivity index (χ0n) is 11.3. The van der Waals surface area contributed by atoms with Crippen LogP contribution in [0.3, 0.4) is 0 Å². The van der Waals surface area contributed by atoms with Gasteiger partial charge in [0.15, 0.2) is 0 Å². The van der Waals surface area contributed by atoms with Crippen molar-refractivity contribution < 1.29 is 9.53 Å². The minimum Gasteiger partial charge on any atom is -0.497 e. The zero-order chi connectivity index (χ0) is 13.5. The lowest BCUT2D eigenvalue weighted by atomic mass is 9.88. The molecule has 19 heavy (non-hydrogen) atoms. The third kappa shape index (κ3) is 2.05. The van der Waals surface area contributed by atoms with Crippen LogP contribution in [0.2, 0.25) is 0 Å². The summed E-state index contributed by atoms with van der Waals surface area (Å²) < 4.78 is 5.26. The Balaban J connectivity index is 1.73. The smallest absolute Gasteiger partial charge is 0.223 e.